The molecule has 0 saturated carbocycles. The molecule has 0 atom stereocenters. The van der Waals surface area contributed by atoms with E-state index in [1.54, 1.807) is 16.4 Å². The predicted octanol–water partition coefficient (Wildman–Crippen LogP) is 4.11. The summed E-state index contributed by atoms with van der Waals surface area (Å²) in [5.74, 6) is 0. The lowest BCUT2D eigenvalue weighted by Gasteiger charge is -2.35. The maximum Gasteiger partial charge on any atom is 0.243 e. The second kappa shape index (κ2) is 7.02. The Kier molecular flexibility index (Phi) is 4.73. The molecule has 26 heavy (non-hydrogen) atoms. The molecule has 4 rings (SSSR count). The van der Waals surface area contributed by atoms with Gasteiger partial charge in [-0.25, -0.2) is 8.42 Å². The van der Waals surface area contributed by atoms with Gasteiger partial charge in [-0.2, -0.15) is 4.31 Å². The van der Waals surface area contributed by atoms with E-state index in [0.717, 1.165) is 20.9 Å². The fourth-order valence-corrected chi connectivity index (χ4v) is 5.04. The van der Waals surface area contributed by atoms with Crippen molar-refractivity contribution in [2.75, 3.05) is 31.1 Å². The molecule has 134 valence electrons. The average molecular weight is 431 g/mol. The lowest BCUT2D eigenvalue weighted by Crippen LogP contribution is -2.48. The van der Waals surface area contributed by atoms with E-state index in [4.69, 9.17) is 0 Å². The molecule has 3 aromatic rings. The Morgan fingerprint density at radius 1 is 0.769 bits per heavy atom. The monoisotopic (exact) mass is 430 g/mol. The van der Waals surface area contributed by atoms with Crippen LogP contribution in [0.15, 0.2) is 76.1 Å². The minimum Gasteiger partial charge on any atom is -0.369 e. The number of sulfonamides is 1. The summed E-state index contributed by atoms with van der Waals surface area (Å²) >= 11 is 3.44. The van der Waals surface area contributed by atoms with Gasteiger partial charge in [-0.3, -0.25) is 0 Å². The van der Waals surface area contributed by atoms with Gasteiger partial charge in [0.05, 0.1) is 4.90 Å². The highest BCUT2D eigenvalue weighted by atomic mass is 79.9. The molecule has 1 heterocycles. The van der Waals surface area contributed by atoms with E-state index in [1.165, 1.54) is 0 Å². The van der Waals surface area contributed by atoms with Gasteiger partial charge in [0, 0.05) is 36.3 Å². The van der Waals surface area contributed by atoms with Crippen LogP contribution in [-0.4, -0.2) is 38.9 Å². The van der Waals surface area contributed by atoms with E-state index >= 15 is 0 Å². The van der Waals surface area contributed by atoms with Crippen LogP contribution in [-0.2, 0) is 10.0 Å². The molecule has 1 saturated heterocycles. The molecule has 0 radical (unpaired) electrons. The topological polar surface area (TPSA) is 40.6 Å². The first kappa shape index (κ1) is 17.5. The second-order valence-electron chi connectivity index (χ2n) is 6.38. The van der Waals surface area contributed by atoms with Crippen LogP contribution in [0, 0.1) is 0 Å². The molecule has 3 aromatic carbocycles. The van der Waals surface area contributed by atoms with E-state index in [2.05, 4.69) is 33.0 Å². The summed E-state index contributed by atoms with van der Waals surface area (Å²) in [4.78, 5) is 2.59. The quantitative estimate of drug-likeness (QED) is 0.627. The van der Waals surface area contributed by atoms with Crippen LogP contribution >= 0.6 is 15.9 Å². The summed E-state index contributed by atoms with van der Waals surface area (Å²) in [7, 11) is -3.47. The number of benzene rings is 3. The zero-order valence-electron chi connectivity index (χ0n) is 14.2. The molecular weight excluding hydrogens is 412 g/mol. The fourth-order valence-electron chi connectivity index (χ4n) is 3.32. The van der Waals surface area contributed by atoms with Gasteiger partial charge >= 0.3 is 0 Å². The molecule has 0 amide bonds. The average Bonchev–Trinajstić information content (AvgIpc) is 2.68. The number of anilines is 1. The first-order valence-electron chi connectivity index (χ1n) is 8.53. The number of nitrogens with zero attached hydrogens (tertiary/aromatic N) is 2. The number of piperazine rings is 1. The van der Waals surface area contributed by atoms with Crippen molar-refractivity contribution in [3.8, 4) is 0 Å². The molecule has 1 aliphatic heterocycles. The zero-order chi connectivity index (χ0) is 18.1. The normalized spacial score (nSPS) is 16.1. The summed E-state index contributed by atoms with van der Waals surface area (Å²) in [6.07, 6.45) is 0. The van der Waals surface area contributed by atoms with Crippen LogP contribution < -0.4 is 4.90 Å². The lowest BCUT2D eigenvalue weighted by molar-refractivity contribution is 0.385. The maximum atomic E-state index is 13.0. The van der Waals surface area contributed by atoms with Crippen LogP contribution in [0.25, 0.3) is 10.8 Å². The van der Waals surface area contributed by atoms with Crippen molar-refractivity contribution in [2.45, 2.75) is 4.90 Å². The fraction of sp³-hybridized carbons (Fsp3) is 0.200. The Balaban J connectivity index is 1.52. The van der Waals surface area contributed by atoms with Crippen molar-refractivity contribution in [1.29, 1.82) is 0 Å². The first-order chi connectivity index (χ1) is 12.5. The third-order valence-corrected chi connectivity index (χ3v) is 7.21. The zero-order valence-corrected chi connectivity index (χ0v) is 16.6. The largest absolute Gasteiger partial charge is 0.369 e. The highest BCUT2D eigenvalue weighted by Crippen LogP contribution is 2.25. The SMILES string of the molecule is O=S(=O)(c1ccc2ccccc2c1)N1CCN(c2ccc(Br)cc2)CC1. The molecule has 0 spiro atoms. The van der Waals surface area contributed by atoms with Crippen molar-refractivity contribution in [3.05, 3.63) is 71.2 Å². The smallest absolute Gasteiger partial charge is 0.243 e. The summed E-state index contributed by atoms with van der Waals surface area (Å²) in [5, 5.41) is 1.99. The maximum absolute atomic E-state index is 13.0. The molecule has 4 nitrogen and oxygen atoms in total. The number of halogens is 1. The number of hydrogen-bond acceptors (Lipinski definition) is 3. The minimum absolute atomic E-state index is 0.369. The molecule has 0 N–H and O–H groups in total. The van der Waals surface area contributed by atoms with Gasteiger partial charge in [-0.1, -0.05) is 46.3 Å². The molecule has 6 heteroatoms. The van der Waals surface area contributed by atoms with Crippen LogP contribution in [0.5, 0.6) is 0 Å². The van der Waals surface area contributed by atoms with E-state index in [1.807, 2.05) is 42.5 Å². The highest BCUT2D eigenvalue weighted by molar-refractivity contribution is 9.10. The summed E-state index contributed by atoms with van der Waals surface area (Å²) in [6.45, 7) is 2.36. The first-order valence-corrected chi connectivity index (χ1v) is 10.8. The van der Waals surface area contributed by atoms with Crippen LogP contribution in [0.2, 0.25) is 0 Å². The molecule has 0 unspecified atom stereocenters. The van der Waals surface area contributed by atoms with Gasteiger partial charge in [-0.05, 0) is 47.2 Å². The number of hydrogen-bond donors (Lipinski definition) is 0. The second-order valence-corrected chi connectivity index (χ2v) is 9.23. The lowest BCUT2D eigenvalue weighted by atomic mass is 10.1. The number of rotatable bonds is 3. The van der Waals surface area contributed by atoms with Gasteiger partial charge in [-0.15, -0.1) is 0 Å². The van der Waals surface area contributed by atoms with E-state index < -0.39 is 10.0 Å². The van der Waals surface area contributed by atoms with Crippen molar-refractivity contribution in [3.63, 3.8) is 0 Å². The molecule has 1 aliphatic rings. The van der Waals surface area contributed by atoms with Gasteiger partial charge in [0.2, 0.25) is 10.0 Å². The minimum atomic E-state index is -3.47. The van der Waals surface area contributed by atoms with Crippen LogP contribution in [0.3, 0.4) is 0 Å². The van der Waals surface area contributed by atoms with Gasteiger partial charge in [0.1, 0.15) is 0 Å². The molecular formula is C20H19BrN2O2S. The standard InChI is InChI=1S/C20H19BrN2O2S/c21-18-6-8-19(9-7-18)22-11-13-23(14-12-22)26(24,25)20-10-5-16-3-1-2-4-17(16)15-20/h1-10,15H,11-14H2. The molecule has 0 aromatic heterocycles. The van der Waals surface area contributed by atoms with Gasteiger partial charge in [0.25, 0.3) is 0 Å². The Morgan fingerprint density at radius 2 is 1.42 bits per heavy atom. The summed E-state index contributed by atoms with van der Waals surface area (Å²) in [5.41, 5.74) is 1.12. The van der Waals surface area contributed by atoms with Crippen LogP contribution in [0.1, 0.15) is 0 Å². The summed E-state index contributed by atoms with van der Waals surface area (Å²) < 4.78 is 28.7. The van der Waals surface area contributed by atoms with Gasteiger partial charge in [0.15, 0.2) is 0 Å². The molecule has 0 bridgehead atoms. The number of fused-ring (bicyclic) bond motifs is 1. The van der Waals surface area contributed by atoms with E-state index in [-0.39, 0.29) is 0 Å². The van der Waals surface area contributed by atoms with Crippen LogP contribution in [0.4, 0.5) is 5.69 Å². The Bertz CT molecular complexity index is 1030. The highest BCUT2D eigenvalue weighted by Gasteiger charge is 2.28. The Hall–Kier alpha value is -1.89. The molecule has 0 aliphatic carbocycles. The van der Waals surface area contributed by atoms with E-state index in [0.29, 0.717) is 31.1 Å². The van der Waals surface area contributed by atoms with Crippen molar-refractivity contribution < 1.29 is 8.42 Å². The predicted molar refractivity (Wildman–Crippen MR) is 109 cm³/mol. The van der Waals surface area contributed by atoms with E-state index in [9.17, 15) is 8.42 Å². The third-order valence-electron chi connectivity index (χ3n) is 4.79. The third kappa shape index (κ3) is 3.37. The summed E-state index contributed by atoms with van der Waals surface area (Å²) in [6, 6.07) is 21.3. The van der Waals surface area contributed by atoms with Gasteiger partial charge < -0.3 is 4.90 Å². The Labute approximate surface area is 162 Å². The van der Waals surface area contributed by atoms with Crippen molar-refractivity contribution >= 4 is 42.4 Å². The molecule has 1 fully saturated rings. The van der Waals surface area contributed by atoms with Crippen molar-refractivity contribution in [1.82, 2.24) is 4.31 Å². The Morgan fingerprint density at radius 3 is 2.12 bits per heavy atom. The van der Waals surface area contributed by atoms with Crippen molar-refractivity contribution in [2.24, 2.45) is 0 Å².